The van der Waals surface area contributed by atoms with E-state index in [1.165, 1.54) is 9.80 Å². The second kappa shape index (κ2) is 7.27. The topological polar surface area (TPSA) is 64.1 Å². The van der Waals surface area contributed by atoms with E-state index in [2.05, 4.69) is 0 Å². The third-order valence-electron chi connectivity index (χ3n) is 4.20. The summed E-state index contributed by atoms with van der Waals surface area (Å²) < 4.78 is 0. The number of aliphatic hydroxyl groups is 1. The predicted octanol–water partition coefficient (Wildman–Crippen LogP) is 1.39. The van der Waals surface area contributed by atoms with Crippen molar-refractivity contribution in [3.05, 3.63) is 34.7 Å². The quantitative estimate of drug-likeness (QED) is 0.472. The Morgan fingerprint density at radius 1 is 0.958 bits per heavy atom. The molecule has 2 amide bonds. The summed E-state index contributed by atoms with van der Waals surface area (Å²) in [6.45, 7) is 8.79. The molecule has 24 heavy (non-hydrogen) atoms. The van der Waals surface area contributed by atoms with Crippen LogP contribution in [-0.4, -0.2) is 63.0 Å². The molecule has 6 nitrogen and oxygen atoms in total. The molecule has 0 aromatic carbocycles. The molecule has 0 radical (unpaired) electrons. The van der Waals surface area contributed by atoms with E-state index < -0.39 is 0 Å². The van der Waals surface area contributed by atoms with Gasteiger partial charge < -0.3 is 10.0 Å². The molecule has 1 saturated heterocycles. The largest absolute Gasteiger partial charge is 0.395 e. The highest BCUT2D eigenvalue weighted by Gasteiger charge is 2.39. The highest BCUT2D eigenvalue weighted by Crippen LogP contribution is 2.28. The zero-order valence-corrected chi connectivity index (χ0v) is 15.3. The highest BCUT2D eigenvalue weighted by atomic mass is 32.1. The van der Waals surface area contributed by atoms with Crippen LogP contribution < -0.4 is 0 Å². The van der Waals surface area contributed by atoms with Gasteiger partial charge in [0.1, 0.15) is 5.57 Å². The number of allylic oxidation sites excluding steroid dienone is 5. The molecule has 7 heteroatoms. The van der Waals surface area contributed by atoms with Crippen molar-refractivity contribution < 1.29 is 14.7 Å². The minimum Gasteiger partial charge on any atom is -0.395 e. The van der Waals surface area contributed by atoms with Gasteiger partial charge in [0.15, 0.2) is 5.11 Å². The number of hydrogen-bond acceptors (Lipinski definition) is 5. The van der Waals surface area contributed by atoms with Crippen LogP contribution in [0.3, 0.4) is 0 Å². The van der Waals surface area contributed by atoms with Crippen LogP contribution in [0.15, 0.2) is 34.7 Å². The fourth-order valence-electron chi connectivity index (χ4n) is 3.01. The monoisotopic (exact) mass is 349 g/mol. The van der Waals surface area contributed by atoms with Crippen LogP contribution in [0, 0.1) is 0 Å². The summed E-state index contributed by atoms with van der Waals surface area (Å²) in [7, 11) is 0. The fourth-order valence-corrected chi connectivity index (χ4v) is 3.43. The smallest absolute Gasteiger partial charge is 0.266 e. The van der Waals surface area contributed by atoms with Gasteiger partial charge in [-0.1, -0.05) is 0 Å². The van der Waals surface area contributed by atoms with Gasteiger partial charge in [-0.2, -0.15) is 0 Å². The number of aliphatic hydroxyl groups excluding tert-OH is 1. The number of carbonyl (C=O) groups excluding carboxylic acids is 2. The summed E-state index contributed by atoms with van der Waals surface area (Å²) in [5.41, 5.74) is 2.50. The molecule has 2 aliphatic rings. The minimum atomic E-state index is -0.351. The van der Waals surface area contributed by atoms with Crippen LogP contribution in [0.2, 0.25) is 0 Å². The Morgan fingerprint density at radius 2 is 1.42 bits per heavy atom. The third kappa shape index (κ3) is 3.01. The van der Waals surface area contributed by atoms with Crippen LogP contribution in [0.1, 0.15) is 27.7 Å². The van der Waals surface area contributed by atoms with Crippen LogP contribution >= 0.6 is 12.2 Å². The van der Waals surface area contributed by atoms with Crippen LogP contribution in [0.25, 0.3) is 0 Å². The number of nitrogens with zero attached hydrogens (tertiary/aromatic N) is 3. The van der Waals surface area contributed by atoms with Crippen LogP contribution in [0.4, 0.5) is 0 Å². The molecule has 0 bridgehead atoms. The van der Waals surface area contributed by atoms with Crippen molar-refractivity contribution in [1.82, 2.24) is 14.7 Å². The van der Waals surface area contributed by atoms with Gasteiger partial charge in [-0.15, -0.1) is 0 Å². The molecule has 0 atom stereocenters. The van der Waals surface area contributed by atoms with Gasteiger partial charge in [0.05, 0.1) is 6.61 Å². The first kappa shape index (κ1) is 18.4. The van der Waals surface area contributed by atoms with Crippen molar-refractivity contribution in [3.63, 3.8) is 0 Å². The molecule has 130 valence electrons. The van der Waals surface area contributed by atoms with E-state index in [4.69, 9.17) is 12.2 Å². The van der Waals surface area contributed by atoms with Crippen molar-refractivity contribution in [1.29, 1.82) is 0 Å². The fraction of sp³-hybridized carbons (Fsp3) is 0.471. The molecule has 0 aromatic heterocycles. The van der Waals surface area contributed by atoms with Crippen molar-refractivity contribution >= 4 is 29.1 Å². The number of rotatable bonds is 4. The lowest BCUT2D eigenvalue weighted by molar-refractivity contribution is -0.133. The van der Waals surface area contributed by atoms with E-state index >= 15 is 0 Å². The third-order valence-corrected chi connectivity index (χ3v) is 4.65. The van der Waals surface area contributed by atoms with E-state index in [1.54, 1.807) is 0 Å². The van der Waals surface area contributed by atoms with Gasteiger partial charge in [0.2, 0.25) is 0 Å². The maximum Gasteiger partial charge on any atom is 0.266 e. The van der Waals surface area contributed by atoms with Gasteiger partial charge >= 0.3 is 0 Å². The lowest BCUT2D eigenvalue weighted by atomic mass is 9.98. The zero-order valence-electron chi connectivity index (χ0n) is 14.5. The molecule has 2 rings (SSSR count). The molecule has 0 spiro atoms. The summed E-state index contributed by atoms with van der Waals surface area (Å²) in [6.07, 6.45) is 3.62. The first-order chi connectivity index (χ1) is 11.4. The highest BCUT2D eigenvalue weighted by molar-refractivity contribution is 7.80. The second-order valence-electron chi connectivity index (χ2n) is 5.66. The van der Waals surface area contributed by atoms with Gasteiger partial charge in [-0.25, -0.2) is 0 Å². The Hall–Kier alpha value is -1.99. The van der Waals surface area contributed by atoms with E-state index in [0.717, 1.165) is 11.4 Å². The minimum absolute atomic E-state index is 0.0294. The summed E-state index contributed by atoms with van der Waals surface area (Å²) >= 11 is 5.28. The number of β-amino-alcohol motifs (C(OH)–C–C–N with tert-alkyl or cyclic N) is 1. The lowest BCUT2D eigenvalue weighted by Gasteiger charge is -2.37. The molecular formula is C17H23N3O3S. The first-order valence-electron chi connectivity index (χ1n) is 8.04. The number of thiocarbonyl (C=S) groups is 1. The first-order valence-corrected chi connectivity index (χ1v) is 8.45. The Balaban J connectivity index is 2.56. The van der Waals surface area contributed by atoms with Crippen molar-refractivity contribution in [2.24, 2.45) is 0 Å². The number of likely N-dealkylation sites (N-methyl/N-ethyl adjacent to an activating group) is 2. The van der Waals surface area contributed by atoms with Gasteiger partial charge in [-0.3, -0.25) is 19.4 Å². The van der Waals surface area contributed by atoms with Crippen molar-refractivity contribution in [3.8, 4) is 0 Å². The number of carbonyl (C=O) groups is 2. The Labute approximate surface area is 147 Å². The Bertz CT molecular complexity index is 629. The average Bonchev–Trinajstić information content (AvgIpc) is 2.51. The van der Waals surface area contributed by atoms with Crippen LogP contribution in [-0.2, 0) is 9.59 Å². The summed E-state index contributed by atoms with van der Waals surface area (Å²) in [5.74, 6) is -0.702. The summed E-state index contributed by atoms with van der Waals surface area (Å²) in [4.78, 5) is 30.4. The summed E-state index contributed by atoms with van der Waals surface area (Å²) in [6, 6.07) is 0. The molecule has 0 aliphatic carbocycles. The molecule has 1 fully saturated rings. The van der Waals surface area contributed by atoms with Gasteiger partial charge in [-0.05, 0) is 57.6 Å². The second-order valence-corrected chi connectivity index (χ2v) is 6.02. The molecule has 2 heterocycles. The number of amides is 2. The van der Waals surface area contributed by atoms with Crippen molar-refractivity contribution in [2.45, 2.75) is 27.7 Å². The SMILES string of the molecule is CCN1C(=O)C(=C2C=C(C)N(CCO)C(C)=C2)C(=O)N(CC)C1=S. The zero-order chi connectivity index (χ0) is 18.0. The number of hydrogen-bond donors (Lipinski definition) is 1. The molecule has 1 N–H and O–H groups in total. The lowest BCUT2D eigenvalue weighted by Crippen LogP contribution is -2.56. The van der Waals surface area contributed by atoms with Crippen molar-refractivity contribution in [2.75, 3.05) is 26.2 Å². The average molecular weight is 349 g/mol. The standard InChI is InChI=1S/C17H23N3O3S/c1-5-18-15(22)14(16(23)19(6-2)17(18)24)13-9-11(3)20(7-8-21)12(4)10-13/h9-10,21H,5-8H2,1-4H3. The Kier molecular flexibility index (Phi) is 5.56. The molecule has 2 aliphatic heterocycles. The summed E-state index contributed by atoms with van der Waals surface area (Å²) in [5, 5.41) is 9.43. The molecular weight excluding hydrogens is 326 g/mol. The van der Waals surface area contributed by atoms with Crippen LogP contribution in [0.5, 0.6) is 0 Å². The van der Waals surface area contributed by atoms with E-state index in [0.29, 0.717) is 25.2 Å². The molecule has 0 saturated carbocycles. The van der Waals surface area contributed by atoms with Gasteiger partial charge in [0.25, 0.3) is 11.8 Å². The Morgan fingerprint density at radius 3 is 1.79 bits per heavy atom. The van der Waals surface area contributed by atoms with Gasteiger partial charge in [0, 0.05) is 31.0 Å². The van der Waals surface area contributed by atoms with E-state index in [9.17, 15) is 14.7 Å². The van der Waals surface area contributed by atoms with E-state index in [1.807, 2.05) is 44.7 Å². The normalized spacial score (nSPS) is 19.2. The molecule has 0 aromatic rings. The van der Waals surface area contributed by atoms with E-state index in [-0.39, 0.29) is 29.1 Å². The maximum atomic E-state index is 12.8. The maximum absolute atomic E-state index is 12.8. The molecule has 0 unspecified atom stereocenters. The predicted molar refractivity (Wildman–Crippen MR) is 95.7 cm³/mol.